The number of rotatable bonds is 6. The molecule has 0 aliphatic heterocycles. The topological polar surface area (TPSA) is 35.5 Å². The molecule has 5 heteroatoms. The van der Waals surface area contributed by atoms with E-state index in [2.05, 4.69) is 12.6 Å². The van der Waals surface area contributed by atoms with Gasteiger partial charge in [-0.15, -0.1) is 12.6 Å². The zero-order valence-corrected chi connectivity index (χ0v) is 12.3. The number of thiol groups is 1. The van der Waals surface area contributed by atoms with Crippen LogP contribution in [-0.2, 0) is 13.6 Å². The van der Waals surface area contributed by atoms with Gasteiger partial charge in [0, 0.05) is 12.2 Å². The van der Waals surface area contributed by atoms with Crippen molar-refractivity contribution in [2.75, 3.05) is 0 Å². The molecule has 0 aromatic rings. The van der Waals surface area contributed by atoms with E-state index in [1.807, 2.05) is 41.2 Å². The first kappa shape index (κ1) is 15.2. The standard InChI is InChI=1S/C10H22O3SSi/c1-7(2)12-15(6,13-8(3)4)9(5)10(11)14/h7-9H,1-6H3,(H,11,14). The molecule has 0 radical (unpaired) electrons. The molecular formula is C10H22O3SSi. The Balaban J connectivity index is 4.75. The molecule has 0 aromatic heterocycles. The second kappa shape index (κ2) is 6.03. The van der Waals surface area contributed by atoms with Crippen molar-refractivity contribution in [1.82, 2.24) is 0 Å². The van der Waals surface area contributed by atoms with E-state index in [-0.39, 0.29) is 22.9 Å². The van der Waals surface area contributed by atoms with Crippen LogP contribution < -0.4 is 0 Å². The van der Waals surface area contributed by atoms with Crippen molar-refractivity contribution in [2.24, 2.45) is 0 Å². The summed E-state index contributed by atoms with van der Waals surface area (Å²) in [4.78, 5) is 11.3. The van der Waals surface area contributed by atoms with Crippen LogP contribution in [0.4, 0.5) is 0 Å². The third kappa shape index (κ3) is 5.15. The number of carbonyl (C=O) groups is 1. The summed E-state index contributed by atoms with van der Waals surface area (Å²) >= 11 is 3.87. The third-order valence-electron chi connectivity index (χ3n) is 2.10. The van der Waals surface area contributed by atoms with Crippen LogP contribution in [-0.4, -0.2) is 25.9 Å². The Morgan fingerprint density at radius 1 is 1.07 bits per heavy atom. The summed E-state index contributed by atoms with van der Waals surface area (Å²) in [7, 11) is -2.47. The Bertz CT molecular complexity index is 209. The Kier molecular flexibility index (Phi) is 6.09. The average Bonchev–Trinajstić information content (AvgIpc) is 1.99. The van der Waals surface area contributed by atoms with Crippen molar-refractivity contribution in [3.05, 3.63) is 0 Å². The fraction of sp³-hybridized carbons (Fsp3) is 0.900. The highest BCUT2D eigenvalue weighted by molar-refractivity contribution is 7.97. The number of hydrogen-bond donors (Lipinski definition) is 1. The highest BCUT2D eigenvalue weighted by Crippen LogP contribution is 2.28. The first-order chi connectivity index (χ1) is 6.69. The third-order valence-corrected chi connectivity index (χ3v) is 6.44. The molecule has 0 spiro atoms. The molecule has 0 saturated carbocycles. The lowest BCUT2D eigenvalue weighted by Crippen LogP contribution is -2.48. The summed E-state index contributed by atoms with van der Waals surface area (Å²) in [6, 6.07) is 0. The summed E-state index contributed by atoms with van der Waals surface area (Å²) in [5.74, 6) is 0. The van der Waals surface area contributed by atoms with E-state index in [0.29, 0.717) is 0 Å². The van der Waals surface area contributed by atoms with Crippen molar-refractivity contribution in [3.63, 3.8) is 0 Å². The zero-order chi connectivity index (χ0) is 12.2. The van der Waals surface area contributed by atoms with Crippen LogP contribution in [0.15, 0.2) is 0 Å². The van der Waals surface area contributed by atoms with Crippen LogP contribution in [0.5, 0.6) is 0 Å². The number of hydrogen-bond acceptors (Lipinski definition) is 3. The predicted molar refractivity (Wildman–Crippen MR) is 67.5 cm³/mol. The minimum Gasteiger partial charge on any atom is -0.391 e. The lowest BCUT2D eigenvalue weighted by Gasteiger charge is -2.34. The molecular weight excluding hydrogens is 228 g/mol. The monoisotopic (exact) mass is 250 g/mol. The van der Waals surface area contributed by atoms with Gasteiger partial charge < -0.3 is 8.85 Å². The summed E-state index contributed by atoms with van der Waals surface area (Å²) in [5.41, 5.74) is -0.259. The van der Waals surface area contributed by atoms with E-state index in [1.54, 1.807) is 0 Å². The Morgan fingerprint density at radius 2 is 1.40 bits per heavy atom. The minimum absolute atomic E-state index is 0.0653. The maximum Gasteiger partial charge on any atom is 0.346 e. The Morgan fingerprint density at radius 3 is 1.60 bits per heavy atom. The smallest absolute Gasteiger partial charge is 0.346 e. The number of carbonyl (C=O) groups excluding carboxylic acids is 1. The molecule has 0 aliphatic rings. The first-order valence-corrected chi connectivity index (χ1v) is 8.11. The van der Waals surface area contributed by atoms with Gasteiger partial charge in [-0.25, -0.2) is 0 Å². The summed E-state index contributed by atoms with van der Waals surface area (Å²) in [5, 5.41) is -0.162. The molecule has 0 rings (SSSR count). The highest BCUT2D eigenvalue weighted by atomic mass is 32.1. The fourth-order valence-corrected chi connectivity index (χ4v) is 4.88. The van der Waals surface area contributed by atoms with Crippen LogP contribution in [0.25, 0.3) is 0 Å². The molecule has 0 aliphatic carbocycles. The molecule has 0 saturated heterocycles. The van der Waals surface area contributed by atoms with Gasteiger partial charge in [0.05, 0.1) is 5.54 Å². The van der Waals surface area contributed by atoms with E-state index < -0.39 is 8.56 Å². The predicted octanol–water partition coefficient (Wildman–Crippen LogP) is 2.75. The fourth-order valence-electron chi connectivity index (χ4n) is 1.39. The maximum atomic E-state index is 11.3. The van der Waals surface area contributed by atoms with Gasteiger partial charge in [0.1, 0.15) is 0 Å². The lowest BCUT2D eigenvalue weighted by molar-refractivity contribution is -0.111. The lowest BCUT2D eigenvalue weighted by atomic mass is 10.5. The Labute approximate surface area is 99.2 Å². The van der Waals surface area contributed by atoms with Gasteiger partial charge in [0.25, 0.3) is 0 Å². The Hall–Kier alpha value is 0.157. The summed E-state index contributed by atoms with van der Waals surface area (Å²) < 4.78 is 11.6. The van der Waals surface area contributed by atoms with Crippen LogP contribution in [0.3, 0.4) is 0 Å². The van der Waals surface area contributed by atoms with Crippen molar-refractivity contribution < 1.29 is 13.6 Å². The molecule has 15 heavy (non-hydrogen) atoms. The van der Waals surface area contributed by atoms with Gasteiger partial charge in [-0.2, -0.15) is 0 Å². The van der Waals surface area contributed by atoms with Crippen molar-refractivity contribution in [3.8, 4) is 0 Å². The van der Waals surface area contributed by atoms with Crippen LogP contribution in [0.2, 0.25) is 12.1 Å². The SMILES string of the molecule is CC(C)O[Si](C)(OC(C)C)C(C)C(=O)S. The molecule has 1 unspecified atom stereocenters. The molecule has 1 atom stereocenters. The van der Waals surface area contributed by atoms with Crippen LogP contribution in [0.1, 0.15) is 34.6 Å². The molecule has 0 bridgehead atoms. The van der Waals surface area contributed by atoms with Crippen molar-refractivity contribution >= 4 is 26.3 Å². The zero-order valence-electron chi connectivity index (χ0n) is 10.4. The van der Waals surface area contributed by atoms with E-state index in [9.17, 15) is 4.79 Å². The van der Waals surface area contributed by atoms with Gasteiger partial charge in [-0.1, -0.05) is 6.92 Å². The van der Waals surface area contributed by atoms with E-state index in [4.69, 9.17) is 8.85 Å². The molecule has 0 aromatic carbocycles. The van der Waals surface area contributed by atoms with E-state index >= 15 is 0 Å². The summed E-state index contributed by atoms with van der Waals surface area (Å²) in [6.45, 7) is 11.5. The highest BCUT2D eigenvalue weighted by Gasteiger charge is 2.43. The average molecular weight is 250 g/mol. The molecule has 0 fully saturated rings. The molecule has 90 valence electrons. The normalized spacial score (nSPS) is 14.7. The van der Waals surface area contributed by atoms with E-state index in [1.165, 1.54) is 0 Å². The van der Waals surface area contributed by atoms with Crippen molar-refractivity contribution in [2.45, 2.75) is 58.9 Å². The molecule has 0 amide bonds. The van der Waals surface area contributed by atoms with Crippen LogP contribution >= 0.6 is 12.6 Å². The summed E-state index contributed by atoms with van der Waals surface area (Å²) in [6.07, 6.45) is 0.131. The van der Waals surface area contributed by atoms with Crippen LogP contribution in [0, 0.1) is 0 Å². The molecule has 0 heterocycles. The second-order valence-electron chi connectivity index (χ2n) is 4.41. The quantitative estimate of drug-likeness (QED) is 0.581. The van der Waals surface area contributed by atoms with Gasteiger partial charge in [0.2, 0.25) is 0 Å². The van der Waals surface area contributed by atoms with Gasteiger partial charge in [-0.05, 0) is 34.2 Å². The molecule has 0 N–H and O–H groups in total. The van der Waals surface area contributed by atoms with E-state index in [0.717, 1.165) is 0 Å². The van der Waals surface area contributed by atoms with Gasteiger partial charge in [0.15, 0.2) is 5.12 Å². The van der Waals surface area contributed by atoms with Gasteiger partial charge in [-0.3, -0.25) is 4.79 Å². The maximum absolute atomic E-state index is 11.3. The first-order valence-electron chi connectivity index (χ1n) is 5.27. The molecule has 3 nitrogen and oxygen atoms in total. The van der Waals surface area contributed by atoms with Crippen molar-refractivity contribution in [1.29, 1.82) is 0 Å². The van der Waals surface area contributed by atoms with Gasteiger partial charge >= 0.3 is 8.56 Å². The second-order valence-corrected chi connectivity index (χ2v) is 8.22. The largest absolute Gasteiger partial charge is 0.391 e. The minimum atomic E-state index is -2.47.